The Labute approximate surface area is 124 Å². The van der Waals surface area contributed by atoms with Gasteiger partial charge < -0.3 is 15.0 Å². The highest BCUT2D eigenvalue weighted by atomic mass is 32.2. The van der Waals surface area contributed by atoms with E-state index >= 15 is 0 Å². The molecule has 0 spiro atoms. The van der Waals surface area contributed by atoms with Gasteiger partial charge in [0.25, 0.3) is 0 Å². The van der Waals surface area contributed by atoms with Crippen LogP contribution in [0.25, 0.3) is 0 Å². The van der Waals surface area contributed by atoms with Gasteiger partial charge in [-0.25, -0.2) is 0 Å². The molecule has 1 N–H and O–H groups in total. The van der Waals surface area contributed by atoms with E-state index in [9.17, 15) is 4.21 Å². The summed E-state index contributed by atoms with van der Waals surface area (Å²) in [6, 6.07) is 8.55. The fourth-order valence-corrected chi connectivity index (χ4v) is 3.47. The summed E-state index contributed by atoms with van der Waals surface area (Å²) in [5, 5.41) is 3.50. The third-order valence-electron chi connectivity index (χ3n) is 3.42. The van der Waals surface area contributed by atoms with Gasteiger partial charge in [0.2, 0.25) is 0 Å². The Morgan fingerprint density at radius 3 is 2.50 bits per heavy atom. The number of hydrogen-bond acceptors (Lipinski definition) is 4. The molecular weight excluding hydrogens is 272 g/mol. The van der Waals surface area contributed by atoms with Crippen molar-refractivity contribution in [2.75, 3.05) is 44.1 Å². The largest absolute Gasteiger partial charge is 0.492 e. The van der Waals surface area contributed by atoms with E-state index in [2.05, 4.69) is 22.3 Å². The molecule has 0 unspecified atom stereocenters. The second-order valence-electron chi connectivity index (χ2n) is 5.44. The lowest BCUT2D eigenvalue weighted by molar-refractivity contribution is 0.261. The van der Waals surface area contributed by atoms with E-state index in [0.29, 0.717) is 12.6 Å². The molecule has 0 atom stereocenters. The number of hydrogen-bond donors (Lipinski definition) is 1. The van der Waals surface area contributed by atoms with Gasteiger partial charge >= 0.3 is 0 Å². The standard InChI is InChI=1S/C15H24N2O2S/c1-17(2)9-10-19-15-5-3-13(4-6-15)16-14-7-11-20(18)12-8-14/h3-6,14,16H,7-12H2,1-2H3. The van der Waals surface area contributed by atoms with Crippen LogP contribution in [0.5, 0.6) is 5.75 Å². The summed E-state index contributed by atoms with van der Waals surface area (Å²) in [7, 11) is 3.48. The van der Waals surface area contributed by atoms with Crippen LogP contribution in [-0.4, -0.2) is 53.9 Å². The van der Waals surface area contributed by atoms with E-state index in [0.717, 1.165) is 42.3 Å². The molecule has 1 heterocycles. The summed E-state index contributed by atoms with van der Waals surface area (Å²) in [5.41, 5.74) is 1.11. The van der Waals surface area contributed by atoms with Crippen LogP contribution in [0.15, 0.2) is 24.3 Å². The van der Waals surface area contributed by atoms with Crippen LogP contribution in [0.1, 0.15) is 12.8 Å². The van der Waals surface area contributed by atoms with Crippen LogP contribution >= 0.6 is 0 Å². The Balaban J connectivity index is 1.77. The Morgan fingerprint density at radius 2 is 1.90 bits per heavy atom. The van der Waals surface area contributed by atoms with Gasteiger partial charge in [-0.3, -0.25) is 4.21 Å². The molecule has 1 aliphatic heterocycles. The highest BCUT2D eigenvalue weighted by Gasteiger charge is 2.17. The first-order valence-corrected chi connectivity index (χ1v) is 8.61. The third-order valence-corrected chi connectivity index (χ3v) is 4.80. The van der Waals surface area contributed by atoms with Crippen LogP contribution in [0.3, 0.4) is 0 Å². The topological polar surface area (TPSA) is 41.6 Å². The first-order valence-electron chi connectivity index (χ1n) is 7.12. The van der Waals surface area contributed by atoms with E-state index in [4.69, 9.17) is 4.74 Å². The monoisotopic (exact) mass is 296 g/mol. The molecule has 0 aromatic heterocycles. The minimum absolute atomic E-state index is 0.452. The van der Waals surface area contributed by atoms with Crippen LogP contribution in [0, 0.1) is 0 Å². The predicted octanol–water partition coefficient (Wildman–Crippen LogP) is 1.95. The summed E-state index contributed by atoms with van der Waals surface area (Å²) in [6.45, 7) is 1.62. The van der Waals surface area contributed by atoms with Crippen molar-refractivity contribution in [1.29, 1.82) is 0 Å². The van der Waals surface area contributed by atoms with E-state index in [1.165, 1.54) is 0 Å². The molecule has 112 valence electrons. The van der Waals surface area contributed by atoms with Crippen LogP contribution in [0.2, 0.25) is 0 Å². The zero-order chi connectivity index (χ0) is 14.4. The molecule has 0 aliphatic carbocycles. The third kappa shape index (κ3) is 5.13. The number of benzene rings is 1. The highest BCUT2D eigenvalue weighted by molar-refractivity contribution is 7.85. The van der Waals surface area contributed by atoms with Crippen molar-refractivity contribution in [3.63, 3.8) is 0 Å². The number of nitrogens with one attached hydrogen (secondary N) is 1. The Hall–Kier alpha value is -1.07. The van der Waals surface area contributed by atoms with Crippen LogP contribution in [-0.2, 0) is 10.8 Å². The summed E-state index contributed by atoms with van der Waals surface area (Å²) in [6.07, 6.45) is 1.99. The smallest absolute Gasteiger partial charge is 0.119 e. The number of likely N-dealkylation sites (N-methyl/N-ethyl adjacent to an activating group) is 1. The summed E-state index contributed by atoms with van der Waals surface area (Å²) in [5.74, 6) is 2.55. The maximum Gasteiger partial charge on any atom is 0.119 e. The fraction of sp³-hybridized carbons (Fsp3) is 0.600. The quantitative estimate of drug-likeness (QED) is 0.871. The van der Waals surface area contributed by atoms with Gasteiger partial charge in [0.05, 0.1) is 0 Å². The lowest BCUT2D eigenvalue weighted by atomic mass is 10.1. The first-order chi connectivity index (χ1) is 9.63. The van der Waals surface area contributed by atoms with Crippen molar-refractivity contribution < 1.29 is 8.95 Å². The van der Waals surface area contributed by atoms with Crippen molar-refractivity contribution in [3.05, 3.63) is 24.3 Å². The second kappa shape index (κ2) is 7.64. The van der Waals surface area contributed by atoms with Crippen molar-refractivity contribution in [3.8, 4) is 5.75 Å². The van der Waals surface area contributed by atoms with Crippen molar-refractivity contribution in [2.45, 2.75) is 18.9 Å². The summed E-state index contributed by atoms with van der Waals surface area (Å²) in [4.78, 5) is 2.10. The number of rotatable bonds is 6. The van der Waals surface area contributed by atoms with Crippen LogP contribution in [0.4, 0.5) is 5.69 Å². The fourth-order valence-electron chi connectivity index (χ4n) is 2.17. The molecule has 1 aromatic carbocycles. The SMILES string of the molecule is CN(C)CCOc1ccc(NC2CCS(=O)CC2)cc1. The van der Waals surface area contributed by atoms with Gasteiger partial charge in [-0.05, 0) is 51.2 Å². The van der Waals surface area contributed by atoms with Gasteiger partial charge in [0, 0.05) is 40.6 Å². The molecule has 0 saturated carbocycles. The summed E-state index contributed by atoms with van der Waals surface area (Å²) >= 11 is 0. The van der Waals surface area contributed by atoms with E-state index < -0.39 is 10.8 Å². The molecular formula is C15H24N2O2S. The number of ether oxygens (including phenoxy) is 1. The Morgan fingerprint density at radius 1 is 1.25 bits per heavy atom. The first kappa shape index (κ1) is 15.3. The van der Waals surface area contributed by atoms with Gasteiger partial charge in [0.1, 0.15) is 12.4 Å². The van der Waals surface area contributed by atoms with Gasteiger partial charge in [0.15, 0.2) is 0 Å². The average molecular weight is 296 g/mol. The van der Waals surface area contributed by atoms with Gasteiger partial charge in [-0.2, -0.15) is 0 Å². The molecule has 0 bridgehead atoms. The molecule has 2 rings (SSSR count). The Bertz CT molecular complexity index is 424. The molecule has 0 amide bonds. The number of nitrogens with zero attached hydrogens (tertiary/aromatic N) is 1. The molecule has 5 heteroatoms. The van der Waals surface area contributed by atoms with Crippen molar-refractivity contribution in [2.24, 2.45) is 0 Å². The molecule has 0 radical (unpaired) electrons. The molecule has 20 heavy (non-hydrogen) atoms. The lowest BCUT2D eigenvalue weighted by Gasteiger charge is -2.23. The minimum atomic E-state index is -0.594. The lowest BCUT2D eigenvalue weighted by Crippen LogP contribution is -2.29. The van der Waals surface area contributed by atoms with Gasteiger partial charge in [-0.1, -0.05) is 0 Å². The highest BCUT2D eigenvalue weighted by Crippen LogP contribution is 2.19. The van der Waals surface area contributed by atoms with Crippen molar-refractivity contribution >= 4 is 16.5 Å². The van der Waals surface area contributed by atoms with Gasteiger partial charge in [-0.15, -0.1) is 0 Å². The maximum absolute atomic E-state index is 11.3. The molecule has 1 saturated heterocycles. The predicted molar refractivity (Wildman–Crippen MR) is 85.0 cm³/mol. The second-order valence-corrected chi connectivity index (χ2v) is 7.14. The molecule has 4 nitrogen and oxygen atoms in total. The van der Waals surface area contributed by atoms with E-state index in [-0.39, 0.29) is 0 Å². The van der Waals surface area contributed by atoms with Crippen molar-refractivity contribution in [1.82, 2.24) is 4.90 Å². The molecule has 1 fully saturated rings. The van der Waals surface area contributed by atoms with Crippen LogP contribution < -0.4 is 10.1 Å². The Kier molecular flexibility index (Phi) is 5.86. The minimum Gasteiger partial charge on any atom is -0.492 e. The van der Waals surface area contributed by atoms with E-state index in [1.54, 1.807) is 0 Å². The molecule has 1 aromatic rings. The molecule has 1 aliphatic rings. The average Bonchev–Trinajstić information content (AvgIpc) is 2.43. The normalized spacial score (nSPS) is 22.8. The number of anilines is 1. The maximum atomic E-state index is 11.3. The zero-order valence-electron chi connectivity index (χ0n) is 12.3. The summed E-state index contributed by atoms with van der Waals surface area (Å²) < 4.78 is 17.0. The zero-order valence-corrected chi connectivity index (χ0v) is 13.1. The van der Waals surface area contributed by atoms with E-state index in [1.807, 2.05) is 26.2 Å².